The quantitative estimate of drug-likeness (QED) is 0.828. The number of aliphatic carboxylic acids is 1. The summed E-state index contributed by atoms with van der Waals surface area (Å²) in [5.74, 6) is -0.809. The van der Waals surface area contributed by atoms with Gasteiger partial charge in [-0.2, -0.15) is 5.10 Å². The largest absolute Gasteiger partial charge is 0.481 e. The van der Waals surface area contributed by atoms with Crippen LogP contribution in [0.1, 0.15) is 39.0 Å². The molecular weight excluding hydrogens is 192 g/mol. The zero-order valence-corrected chi connectivity index (χ0v) is 9.74. The maximum atomic E-state index is 10.7. The molecule has 1 rings (SSSR count). The molecule has 0 aliphatic carbocycles. The van der Waals surface area contributed by atoms with Gasteiger partial charge < -0.3 is 5.11 Å². The number of carboxylic acids is 1. The van der Waals surface area contributed by atoms with Crippen LogP contribution in [0.5, 0.6) is 0 Å². The first-order chi connectivity index (χ1) is 6.86. The van der Waals surface area contributed by atoms with Gasteiger partial charge in [-0.15, -0.1) is 0 Å². The van der Waals surface area contributed by atoms with E-state index in [1.54, 1.807) is 6.20 Å². The fraction of sp³-hybridized carbons (Fsp3) is 0.636. The highest BCUT2D eigenvalue weighted by molar-refractivity contribution is 5.70. The first-order valence-electron chi connectivity index (χ1n) is 5.13. The highest BCUT2D eigenvalue weighted by Crippen LogP contribution is 2.26. The fourth-order valence-corrected chi connectivity index (χ4v) is 1.82. The summed E-state index contributed by atoms with van der Waals surface area (Å²) >= 11 is 0. The van der Waals surface area contributed by atoms with Crippen LogP contribution in [0, 0.1) is 0 Å². The van der Waals surface area contributed by atoms with E-state index in [0.29, 0.717) is 0 Å². The van der Waals surface area contributed by atoms with Gasteiger partial charge in [0.1, 0.15) is 0 Å². The van der Waals surface area contributed by atoms with E-state index in [-0.39, 0.29) is 11.8 Å². The molecule has 84 valence electrons. The topological polar surface area (TPSA) is 55.1 Å². The number of rotatable bonds is 3. The molecule has 0 aromatic carbocycles. The van der Waals surface area contributed by atoms with Crippen LogP contribution in [0.2, 0.25) is 0 Å². The zero-order chi connectivity index (χ0) is 11.6. The minimum atomic E-state index is -0.809. The summed E-state index contributed by atoms with van der Waals surface area (Å²) in [5, 5.41) is 13.0. The van der Waals surface area contributed by atoms with Gasteiger partial charge in [0.15, 0.2) is 0 Å². The molecule has 1 aromatic rings. The van der Waals surface area contributed by atoms with Crippen LogP contribution in [-0.2, 0) is 23.2 Å². The van der Waals surface area contributed by atoms with Crippen LogP contribution in [-0.4, -0.2) is 20.9 Å². The molecule has 15 heavy (non-hydrogen) atoms. The van der Waals surface area contributed by atoms with Crippen LogP contribution in [0.15, 0.2) is 6.20 Å². The van der Waals surface area contributed by atoms with E-state index in [9.17, 15) is 4.79 Å². The van der Waals surface area contributed by atoms with Crippen molar-refractivity contribution in [2.45, 2.75) is 46.1 Å². The molecule has 4 nitrogen and oxygen atoms in total. The van der Waals surface area contributed by atoms with Crippen LogP contribution in [0.3, 0.4) is 0 Å². The zero-order valence-electron chi connectivity index (χ0n) is 9.74. The molecule has 1 heterocycles. The van der Waals surface area contributed by atoms with Gasteiger partial charge in [0.25, 0.3) is 0 Å². The van der Waals surface area contributed by atoms with E-state index in [1.807, 2.05) is 11.6 Å². The minimum absolute atomic E-state index is 0.0482. The molecule has 0 radical (unpaired) electrons. The van der Waals surface area contributed by atoms with Crippen molar-refractivity contribution in [3.63, 3.8) is 0 Å². The normalized spacial score (nSPS) is 11.7. The highest BCUT2D eigenvalue weighted by Gasteiger charge is 2.24. The summed E-state index contributed by atoms with van der Waals surface area (Å²) < 4.78 is 1.87. The Balaban J connectivity index is 3.17. The van der Waals surface area contributed by atoms with Gasteiger partial charge in [-0.1, -0.05) is 20.8 Å². The summed E-state index contributed by atoms with van der Waals surface area (Å²) in [5.41, 5.74) is 1.77. The van der Waals surface area contributed by atoms with Crippen molar-refractivity contribution in [3.05, 3.63) is 17.5 Å². The number of carbonyl (C=O) groups is 1. The molecule has 0 unspecified atom stereocenters. The molecule has 0 atom stereocenters. The lowest BCUT2D eigenvalue weighted by Gasteiger charge is -2.21. The average Bonchev–Trinajstić information content (AvgIpc) is 2.45. The molecule has 0 spiro atoms. The molecular formula is C11H18N2O2. The van der Waals surface area contributed by atoms with Crippen molar-refractivity contribution >= 4 is 5.97 Å². The van der Waals surface area contributed by atoms with Crippen LogP contribution in [0.25, 0.3) is 0 Å². The van der Waals surface area contributed by atoms with Crippen LogP contribution in [0.4, 0.5) is 0 Å². The number of carboxylic acid groups (broad SMARTS) is 1. The second-order valence-electron chi connectivity index (χ2n) is 4.65. The number of nitrogens with zero attached hydrogens (tertiary/aromatic N) is 2. The fourth-order valence-electron chi connectivity index (χ4n) is 1.82. The molecule has 0 aliphatic heterocycles. The van der Waals surface area contributed by atoms with Gasteiger partial charge in [-0.05, 0) is 6.92 Å². The Hall–Kier alpha value is -1.32. The van der Waals surface area contributed by atoms with Gasteiger partial charge in [0.2, 0.25) is 0 Å². The molecule has 0 amide bonds. The maximum absolute atomic E-state index is 10.7. The highest BCUT2D eigenvalue weighted by atomic mass is 16.4. The first-order valence-corrected chi connectivity index (χ1v) is 5.13. The lowest BCUT2D eigenvalue weighted by molar-refractivity contribution is -0.136. The van der Waals surface area contributed by atoms with Crippen LogP contribution >= 0.6 is 0 Å². The van der Waals surface area contributed by atoms with Gasteiger partial charge in [0, 0.05) is 23.2 Å². The van der Waals surface area contributed by atoms with Crippen LogP contribution < -0.4 is 0 Å². The molecule has 0 aliphatic rings. The lowest BCUT2D eigenvalue weighted by atomic mass is 9.88. The van der Waals surface area contributed by atoms with E-state index < -0.39 is 5.97 Å². The molecule has 0 saturated carbocycles. The van der Waals surface area contributed by atoms with Crippen molar-refractivity contribution in [2.24, 2.45) is 0 Å². The molecule has 0 bridgehead atoms. The van der Waals surface area contributed by atoms with Crippen molar-refractivity contribution in [2.75, 3.05) is 0 Å². The number of aryl methyl sites for hydroxylation is 1. The first kappa shape index (κ1) is 11.8. The number of hydrogen-bond acceptors (Lipinski definition) is 2. The Morgan fingerprint density at radius 2 is 2.13 bits per heavy atom. The standard InChI is InChI=1S/C11H18N2O2/c1-5-13-10(11(2,3)4)8(7-12-13)6-9(14)15/h7H,5-6H2,1-4H3,(H,14,15). The smallest absolute Gasteiger partial charge is 0.307 e. The van der Waals surface area contributed by atoms with E-state index in [0.717, 1.165) is 17.8 Å². The SMILES string of the molecule is CCn1ncc(CC(=O)O)c1C(C)(C)C. The van der Waals surface area contributed by atoms with Gasteiger partial charge >= 0.3 is 5.97 Å². The third kappa shape index (κ3) is 2.58. The van der Waals surface area contributed by atoms with E-state index in [1.165, 1.54) is 0 Å². The Bertz CT molecular complexity index is 361. The van der Waals surface area contributed by atoms with Crippen molar-refractivity contribution in [3.8, 4) is 0 Å². The molecule has 0 fully saturated rings. The Morgan fingerprint density at radius 1 is 1.53 bits per heavy atom. The van der Waals surface area contributed by atoms with E-state index >= 15 is 0 Å². The van der Waals surface area contributed by atoms with E-state index in [2.05, 4.69) is 25.9 Å². The Kier molecular flexibility index (Phi) is 3.17. The second kappa shape index (κ2) is 4.04. The monoisotopic (exact) mass is 210 g/mol. The Labute approximate surface area is 89.9 Å². The molecule has 0 saturated heterocycles. The number of aromatic nitrogens is 2. The number of hydrogen-bond donors (Lipinski definition) is 1. The third-order valence-electron chi connectivity index (χ3n) is 2.27. The molecule has 4 heteroatoms. The Morgan fingerprint density at radius 3 is 2.53 bits per heavy atom. The third-order valence-corrected chi connectivity index (χ3v) is 2.27. The van der Waals surface area contributed by atoms with Crippen molar-refractivity contribution < 1.29 is 9.90 Å². The predicted octanol–water partition coefficient (Wildman–Crippen LogP) is 1.83. The second-order valence-corrected chi connectivity index (χ2v) is 4.65. The van der Waals surface area contributed by atoms with Crippen molar-refractivity contribution in [1.82, 2.24) is 9.78 Å². The molecule has 1 aromatic heterocycles. The lowest BCUT2D eigenvalue weighted by Crippen LogP contribution is -2.20. The summed E-state index contributed by atoms with van der Waals surface area (Å²) in [6.45, 7) is 8.99. The van der Waals surface area contributed by atoms with E-state index in [4.69, 9.17) is 5.11 Å². The average molecular weight is 210 g/mol. The van der Waals surface area contributed by atoms with Gasteiger partial charge in [-0.3, -0.25) is 9.48 Å². The summed E-state index contributed by atoms with van der Waals surface area (Å²) in [6, 6.07) is 0. The molecule has 1 N–H and O–H groups in total. The van der Waals surface area contributed by atoms with Gasteiger partial charge in [-0.25, -0.2) is 0 Å². The summed E-state index contributed by atoms with van der Waals surface area (Å²) in [6.07, 6.45) is 1.71. The van der Waals surface area contributed by atoms with Gasteiger partial charge in [0.05, 0.1) is 12.6 Å². The maximum Gasteiger partial charge on any atom is 0.307 e. The summed E-state index contributed by atoms with van der Waals surface area (Å²) in [4.78, 5) is 10.7. The van der Waals surface area contributed by atoms with Crippen molar-refractivity contribution in [1.29, 1.82) is 0 Å². The minimum Gasteiger partial charge on any atom is -0.481 e. The summed E-state index contributed by atoms with van der Waals surface area (Å²) in [7, 11) is 0. The predicted molar refractivity (Wildman–Crippen MR) is 57.9 cm³/mol.